The maximum atomic E-state index is 12.5. The zero-order chi connectivity index (χ0) is 15.9. The van der Waals surface area contributed by atoms with Gasteiger partial charge in [0, 0.05) is 38.3 Å². The van der Waals surface area contributed by atoms with Crippen LogP contribution >= 0.6 is 0 Å². The van der Waals surface area contributed by atoms with Crippen molar-refractivity contribution in [2.24, 2.45) is 5.92 Å². The maximum Gasteiger partial charge on any atom is 0.317 e. The van der Waals surface area contributed by atoms with Gasteiger partial charge in [0.05, 0.1) is 0 Å². The number of hydrogen-bond acceptors (Lipinski definition) is 3. The lowest BCUT2D eigenvalue weighted by atomic mass is 9.97. The standard InChI is InChI=1S/C17H33N3O2/c1-14(2)19-9-5-6-15(13-19)12-18-17(22)20-10-4-3-7-16(20)8-11-21/h14-16,21H,3-13H2,1-2H3,(H,18,22). The molecule has 5 nitrogen and oxygen atoms in total. The van der Waals surface area contributed by atoms with Gasteiger partial charge < -0.3 is 20.2 Å². The van der Waals surface area contributed by atoms with Crippen LogP contribution in [0.15, 0.2) is 0 Å². The molecule has 2 aliphatic heterocycles. The number of likely N-dealkylation sites (tertiary alicyclic amines) is 2. The number of urea groups is 1. The Kier molecular flexibility index (Phi) is 6.96. The van der Waals surface area contributed by atoms with Gasteiger partial charge in [0.2, 0.25) is 0 Å². The number of aliphatic hydroxyl groups is 1. The van der Waals surface area contributed by atoms with Crippen molar-refractivity contribution in [3.8, 4) is 0 Å². The fraction of sp³-hybridized carbons (Fsp3) is 0.941. The number of rotatable bonds is 5. The van der Waals surface area contributed by atoms with Crippen molar-refractivity contribution >= 4 is 6.03 Å². The molecule has 2 atom stereocenters. The normalized spacial score (nSPS) is 27.2. The molecule has 2 unspecified atom stereocenters. The Balaban J connectivity index is 1.78. The number of nitrogens with zero attached hydrogens (tertiary/aromatic N) is 2. The van der Waals surface area contributed by atoms with E-state index in [-0.39, 0.29) is 18.7 Å². The summed E-state index contributed by atoms with van der Waals surface area (Å²) in [7, 11) is 0. The molecule has 0 aromatic heterocycles. The van der Waals surface area contributed by atoms with E-state index in [9.17, 15) is 4.79 Å². The first kappa shape index (κ1) is 17.5. The predicted octanol–water partition coefficient (Wildman–Crippen LogP) is 2.05. The van der Waals surface area contributed by atoms with Crippen LogP contribution in [-0.2, 0) is 0 Å². The monoisotopic (exact) mass is 311 g/mol. The van der Waals surface area contributed by atoms with Gasteiger partial charge in [-0.2, -0.15) is 0 Å². The second-order valence-corrected chi connectivity index (χ2v) is 7.14. The third-order valence-electron chi connectivity index (χ3n) is 5.17. The quantitative estimate of drug-likeness (QED) is 0.817. The van der Waals surface area contributed by atoms with Crippen molar-refractivity contribution < 1.29 is 9.90 Å². The molecule has 22 heavy (non-hydrogen) atoms. The molecule has 128 valence electrons. The smallest absolute Gasteiger partial charge is 0.317 e. The zero-order valence-corrected chi connectivity index (χ0v) is 14.3. The topological polar surface area (TPSA) is 55.8 Å². The first-order valence-electron chi connectivity index (χ1n) is 9.01. The molecule has 2 amide bonds. The third-order valence-corrected chi connectivity index (χ3v) is 5.17. The van der Waals surface area contributed by atoms with E-state index in [4.69, 9.17) is 5.11 Å². The van der Waals surface area contributed by atoms with E-state index in [1.165, 1.54) is 25.8 Å². The highest BCUT2D eigenvalue weighted by Crippen LogP contribution is 2.20. The van der Waals surface area contributed by atoms with Crippen LogP contribution in [-0.4, -0.2) is 65.8 Å². The van der Waals surface area contributed by atoms with Crippen LogP contribution in [0.4, 0.5) is 4.79 Å². The minimum atomic E-state index is 0.0693. The molecule has 0 radical (unpaired) electrons. The largest absolute Gasteiger partial charge is 0.396 e. The van der Waals surface area contributed by atoms with Crippen LogP contribution in [0.2, 0.25) is 0 Å². The van der Waals surface area contributed by atoms with E-state index < -0.39 is 0 Å². The molecular weight excluding hydrogens is 278 g/mol. The van der Waals surface area contributed by atoms with E-state index >= 15 is 0 Å². The number of carbonyl (C=O) groups excluding carboxylic acids is 1. The zero-order valence-electron chi connectivity index (χ0n) is 14.3. The SMILES string of the molecule is CC(C)N1CCCC(CNC(=O)N2CCCCC2CCO)C1. The van der Waals surface area contributed by atoms with Gasteiger partial charge >= 0.3 is 6.03 Å². The van der Waals surface area contributed by atoms with Gasteiger partial charge in [-0.05, 0) is 64.8 Å². The molecule has 2 saturated heterocycles. The van der Waals surface area contributed by atoms with Crippen molar-refractivity contribution in [1.82, 2.24) is 15.1 Å². The van der Waals surface area contributed by atoms with E-state index in [0.717, 1.165) is 32.5 Å². The Hall–Kier alpha value is -0.810. The Labute approximate surface area is 135 Å². The van der Waals surface area contributed by atoms with Gasteiger partial charge in [-0.3, -0.25) is 0 Å². The third kappa shape index (κ3) is 4.85. The first-order chi connectivity index (χ1) is 10.6. The fourth-order valence-electron chi connectivity index (χ4n) is 3.78. The summed E-state index contributed by atoms with van der Waals surface area (Å²) in [5, 5.41) is 12.3. The average molecular weight is 311 g/mol. The highest BCUT2D eigenvalue weighted by Gasteiger charge is 2.27. The summed E-state index contributed by atoms with van der Waals surface area (Å²) in [4.78, 5) is 16.9. The van der Waals surface area contributed by atoms with Crippen LogP contribution in [0.1, 0.15) is 52.4 Å². The van der Waals surface area contributed by atoms with Gasteiger partial charge in [-0.1, -0.05) is 0 Å². The first-order valence-corrected chi connectivity index (χ1v) is 9.01. The Morgan fingerprint density at radius 3 is 2.77 bits per heavy atom. The number of aliphatic hydroxyl groups excluding tert-OH is 1. The molecule has 0 bridgehead atoms. The van der Waals surface area contributed by atoms with Crippen molar-refractivity contribution in [1.29, 1.82) is 0 Å². The summed E-state index contributed by atoms with van der Waals surface area (Å²) in [6, 6.07) is 0.881. The summed E-state index contributed by atoms with van der Waals surface area (Å²) in [5.41, 5.74) is 0. The average Bonchev–Trinajstić information content (AvgIpc) is 2.53. The molecule has 2 aliphatic rings. The summed E-state index contributed by atoms with van der Waals surface area (Å²) >= 11 is 0. The summed E-state index contributed by atoms with van der Waals surface area (Å²) in [6.07, 6.45) is 6.43. The minimum Gasteiger partial charge on any atom is -0.396 e. The number of piperidine rings is 2. The summed E-state index contributed by atoms with van der Waals surface area (Å²) in [5.74, 6) is 0.571. The lowest BCUT2D eigenvalue weighted by molar-refractivity contribution is 0.121. The number of nitrogens with one attached hydrogen (secondary N) is 1. The molecular formula is C17H33N3O2. The molecule has 5 heteroatoms. The number of hydrogen-bond donors (Lipinski definition) is 2. The Morgan fingerprint density at radius 1 is 1.23 bits per heavy atom. The van der Waals surface area contributed by atoms with Gasteiger partial charge in [-0.25, -0.2) is 4.79 Å². The molecule has 0 saturated carbocycles. The number of carbonyl (C=O) groups is 1. The van der Waals surface area contributed by atoms with Crippen LogP contribution in [0.3, 0.4) is 0 Å². The Morgan fingerprint density at radius 2 is 2.05 bits per heavy atom. The highest BCUT2D eigenvalue weighted by molar-refractivity contribution is 5.74. The minimum absolute atomic E-state index is 0.0693. The summed E-state index contributed by atoms with van der Waals surface area (Å²) < 4.78 is 0. The van der Waals surface area contributed by atoms with Crippen molar-refractivity contribution in [3.63, 3.8) is 0 Å². The van der Waals surface area contributed by atoms with Crippen molar-refractivity contribution in [3.05, 3.63) is 0 Å². The van der Waals surface area contributed by atoms with E-state index in [0.29, 0.717) is 18.4 Å². The molecule has 0 spiro atoms. The predicted molar refractivity (Wildman–Crippen MR) is 88.9 cm³/mol. The van der Waals surface area contributed by atoms with Crippen LogP contribution < -0.4 is 5.32 Å². The van der Waals surface area contributed by atoms with Gasteiger partial charge in [-0.15, -0.1) is 0 Å². The lowest BCUT2D eigenvalue weighted by Crippen LogP contribution is -2.51. The van der Waals surface area contributed by atoms with Crippen LogP contribution in [0.5, 0.6) is 0 Å². The van der Waals surface area contributed by atoms with Crippen molar-refractivity contribution in [2.75, 3.05) is 32.8 Å². The van der Waals surface area contributed by atoms with Gasteiger partial charge in [0.15, 0.2) is 0 Å². The summed E-state index contributed by atoms with van der Waals surface area (Å²) in [6.45, 7) is 8.55. The van der Waals surface area contributed by atoms with E-state index in [2.05, 4.69) is 24.1 Å². The van der Waals surface area contributed by atoms with Crippen LogP contribution in [0.25, 0.3) is 0 Å². The van der Waals surface area contributed by atoms with E-state index in [1.807, 2.05) is 4.90 Å². The lowest BCUT2D eigenvalue weighted by Gasteiger charge is -2.37. The molecule has 2 N–H and O–H groups in total. The molecule has 2 heterocycles. The molecule has 2 fully saturated rings. The van der Waals surface area contributed by atoms with Crippen molar-refractivity contribution in [2.45, 2.75) is 64.5 Å². The van der Waals surface area contributed by atoms with Crippen LogP contribution in [0, 0.1) is 5.92 Å². The second-order valence-electron chi connectivity index (χ2n) is 7.14. The van der Waals surface area contributed by atoms with Gasteiger partial charge in [0.25, 0.3) is 0 Å². The molecule has 0 aromatic carbocycles. The van der Waals surface area contributed by atoms with Gasteiger partial charge in [0.1, 0.15) is 0 Å². The molecule has 0 aliphatic carbocycles. The highest BCUT2D eigenvalue weighted by atomic mass is 16.3. The Bertz CT molecular complexity index is 347. The number of amides is 2. The second kappa shape index (κ2) is 8.73. The molecule has 2 rings (SSSR count). The fourth-order valence-corrected chi connectivity index (χ4v) is 3.78. The van der Waals surface area contributed by atoms with E-state index in [1.54, 1.807) is 0 Å². The maximum absolute atomic E-state index is 12.5. The molecule has 0 aromatic rings.